The van der Waals surface area contributed by atoms with Crippen molar-refractivity contribution >= 4 is 23.5 Å². The lowest BCUT2D eigenvalue weighted by molar-refractivity contribution is -0.144. The SMILES string of the molecule is CCOC(=O)CCN(Cc1ccccc1Cl)C(=O)Cc1ccc(F)cc1. The van der Waals surface area contributed by atoms with Crippen LogP contribution in [0.5, 0.6) is 0 Å². The maximum atomic E-state index is 13.0. The third kappa shape index (κ3) is 6.15. The fourth-order valence-corrected chi connectivity index (χ4v) is 2.67. The molecule has 0 saturated heterocycles. The normalized spacial score (nSPS) is 10.4. The maximum Gasteiger partial charge on any atom is 0.307 e. The summed E-state index contributed by atoms with van der Waals surface area (Å²) in [7, 11) is 0. The highest BCUT2D eigenvalue weighted by atomic mass is 35.5. The van der Waals surface area contributed by atoms with Gasteiger partial charge in [-0.05, 0) is 36.2 Å². The van der Waals surface area contributed by atoms with Crippen LogP contribution in [0.4, 0.5) is 4.39 Å². The first-order chi connectivity index (χ1) is 12.5. The van der Waals surface area contributed by atoms with Gasteiger partial charge in [0, 0.05) is 18.1 Å². The summed E-state index contributed by atoms with van der Waals surface area (Å²) >= 11 is 6.19. The Morgan fingerprint density at radius 1 is 1.12 bits per heavy atom. The largest absolute Gasteiger partial charge is 0.466 e. The van der Waals surface area contributed by atoms with Crippen LogP contribution < -0.4 is 0 Å². The molecule has 0 atom stereocenters. The van der Waals surface area contributed by atoms with Crippen LogP contribution in [0.25, 0.3) is 0 Å². The first-order valence-corrected chi connectivity index (χ1v) is 8.78. The number of halogens is 2. The second-order valence-electron chi connectivity index (χ2n) is 5.76. The summed E-state index contributed by atoms with van der Waals surface area (Å²) in [6.07, 6.45) is 0.223. The average molecular weight is 378 g/mol. The molecule has 0 aromatic heterocycles. The zero-order valence-electron chi connectivity index (χ0n) is 14.6. The lowest BCUT2D eigenvalue weighted by Crippen LogP contribution is -2.34. The van der Waals surface area contributed by atoms with E-state index in [1.165, 1.54) is 12.1 Å². The quantitative estimate of drug-likeness (QED) is 0.653. The molecule has 1 amide bonds. The molecule has 0 fully saturated rings. The molecule has 2 aromatic carbocycles. The van der Waals surface area contributed by atoms with Gasteiger partial charge in [0.25, 0.3) is 0 Å². The smallest absolute Gasteiger partial charge is 0.307 e. The number of carbonyl (C=O) groups is 2. The second-order valence-corrected chi connectivity index (χ2v) is 6.17. The highest BCUT2D eigenvalue weighted by Gasteiger charge is 2.17. The van der Waals surface area contributed by atoms with Gasteiger partial charge in [-0.15, -0.1) is 0 Å². The van der Waals surface area contributed by atoms with Gasteiger partial charge < -0.3 is 9.64 Å². The van der Waals surface area contributed by atoms with Crippen LogP contribution in [-0.2, 0) is 27.3 Å². The number of benzene rings is 2. The summed E-state index contributed by atoms with van der Waals surface area (Å²) in [6.45, 7) is 2.55. The number of esters is 1. The van der Waals surface area contributed by atoms with Crippen LogP contribution >= 0.6 is 11.6 Å². The summed E-state index contributed by atoms with van der Waals surface area (Å²) < 4.78 is 18.0. The molecule has 4 nitrogen and oxygen atoms in total. The van der Waals surface area contributed by atoms with E-state index in [9.17, 15) is 14.0 Å². The van der Waals surface area contributed by atoms with Crippen LogP contribution in [0.15, 0.2) is 48.5 Å². The van der Waals surface area contributed by atoms with Crippen LogP contribution in [0, 0.1) is 5.82 Å². The predicted octanol–water partition coefficient (Wildman–Crippen LogP) is 4.00. The number of amides is 1. The first-order valence-electron chi connectivity index (χ1n) is 8.41. The topological polar surface area (TPSA) is 46.6 Å². The molecule has 0 bridgehead atoms. The molecule has 0 radical (unpaired) electrons. The Labute approximate surface area is 157 Å². The van der Waals surface area contributed by atoms with Crippen molar-refractivity contribution in [2.75, 3.05) is 13.2 Å². The van der Waals surface area contributed by atoms with E-state index in [4.69, 9.17) is 16.3 Å². The Balaban J connectivity index is 2.10. The molecule has 0 spiro atoms. The van der Waals surface area contributed by atoms with Crippen molar-refractivity contribution in [3.05, 3.63) is 70.5 Å². The Bertz CT molecular complexity index is 749. The van der Waals surface area contributed by atoms with E-state index in [1.54, 1.807) is 30.0 Å². The maximum absolute atomic E-state index is 13.0. The zero-order chi connectivity index (χ0) is 18.9. The van der Waals surface area contributed by atoms with E-state index in [0.29, 0.717) is 23.7 Å². The van der Waals surface area contributed by atoms with Crippen LogP contribution in [0.1, 0.15) is 24.5 Å². The van der Waals surface area contributed by atoms with Gasteiger partial charge in [-0.1, -0.05) is 41.9 Å². The second kappa shape index (κ2) is 9.92. The van der Waals surface area contributed by atoms with Crippen LogP contribution in [0.2, 0.25) is 5.02 Å². The molecule has 6 heteroatoms. The van der Waals surface area contributed by atoms with Crippen molar-refractivity contribution in [3.63, 3.8) is 0 Å². The minimum Gasteiger partial charge on any atom is -0.466 e. The lowest BCUT2D eigenvalue weighted by Gasteiger charge is -2.23. The van der Waals surface area contributed by atoms with Crippen LogP contribution in [0.3, 0.4) is 0 Å². The summed E-state index contributed by atoms with van der Waals surface area (Å²) in [5, 5.41) is 0.559. The number of carbonyl (C=O) groups excluding carboxylic acids is 2. The summed E-state index contributed by atoms with van der Waals surface area (Å²) in [6, 6.07) is 13.0. The highest BCUT2D eigenvalue weighted by Crippen LogP contribution is 2.18. The molecule has 0 N–H and O–H groups in total. The van der Waals surface area contributed by atoms with Crippen molar-refractivity contribution < 1.29 is 18.7 Å². The van der Waals surface area contributed by atoms with E-state index in [-0.39, 0.29) is 37.1 Å². The van der Waals surface area contributed by atoms with Crippen molar-refractivity contribution in [1.82, 2.24) is 4.90 Å². The van der Waals surface area contributed by atoms with Gasteiger partial charge in [-0.3, -0.25) is 9.59 Å². The van der Waals surface area contributed by atoms with E-state index < -0.39 is 0 Å². The van der Waals surface area contributed by atoms with E-state index >= 15 is 0 Å². The predicted molar refractivity (Wildman–Crippen MR) is 98.2 cm³/mol. The Morgan fingerprint density at radius 3 is 2.46 bits per heavy atom. The Hall–Kier alpha value is -2.40. The number of hydrogen-bond acceptors (Lipinski definition) is 3. The van der Waals surface area contributed by atoms with Gasteiger partial charge in [0.05, 0.1) is 19.4 Å². The molecule has 0 heterocycles. The molecule has 0 aliphatic rings. The minimum absolute atomic E-state index is 0.105. The van der Waals surface area contributed by atoms with Crippen molar-refractivity contribution in [1.29, 1.82) is 0 Å². The number of nitrogens with zero attached hydrogens (tertiary/aromatic N) is 1. The standard InChI is InChI=1S/C20H21ClFNO3/c1-2-26-20(25)11-12-23(14-16-5-3-4-6-18(16)21)19(24)13-15-7-9-17(22)10-8-15/h3-10H,2,11-14H2,1H3. The van der Waals surface area contributed by atoms with Crippen molar-refractivity contribution in [2.24, 2.45) is 0 Å². The summed E-state index contributed by atoms with van der Waals surface area (Å²) in [5.41, 5.74) is 1.50. The number of hydrogen-bond donors (Lipinski definition) is 0. The first kappa shape index (κ1) is 19.9. The van der Waals surface area contributed by atoms with Gasteiger partial charge >= 0.3 is 5.97 Å². The number of ether oxygens (including phenoxy) is 1. The molecular formula is C20H21ClFNO3. The van der Waals surface area contributed by atoms with Gasteiger partial charge in [0.15, 0.2) is 0 Å². The summed E-state index contributed by atoms with van der Waals surface area (Å²) in [5.74, 6) is -0.872. The Kier molecular flexibility index (Phi) is 7.60. The third-order valence-electron chi connectivity index (χ3n) is 3.83. The zero-order valence-corrected chi connectivity index (χ0v) is 15.3. The molecule has 2 rings (SSSR count). The van der Waals surface area contributed by atoms with E-state index in [0.717, 1.165) is 5.56 Å². The van der Waals surface area contributed by atoms with Gasteiger partial charge in [-0.25, -0.2) is 4.39 Å². The van der Waals surface area contributed by atoms with Crippen LogP contribution in [-0.4, -0.2) is 29.9 Å². The molecule has 138 valence electrons. The lowest BCUT2D eigenvalue weighted by atomic mass is 10.1. The fourth-order valence-electron chi connectivity index (χ4n) is 2.47. The monoisotopic (exact) mass is 377 g/mol. The molecule has 26 heavy (non-hydrogen) atoms. The fraction of sp³-hybridized carbons (Fsp3) is 0.300. The van der Waals surface area contributed by atoms with Gasteiger partial charge in [0.2, 0.25) is 5.91 Å². The molecule has 0 aliphatic carbocycles. The van der Waals surface area contributed by atoms with Gasteiger partial charge in [0.1, 0.15) is 5.82 Å². The Morgan fingerprint density at radius 2 is 1.81 bits per heavy atom. The average Bonchev–Trinajstić information content (AvgIpc) is 2.62. The van der Waals surface area contributed by atoms with Gasteiger partial charge in [-0.2, -0.15) is 0 Å². The molecular weight excluding hydrogens is 357 g/mol. The van der Waals surface area contributed by atoms with E-state index in [2.05, 4.69) is 0 Å². The highest BCUT2D eigenvalue weighted by molar-refractivity contribution is 6.31. The van der Waals surface area contributed by atoms with Crippen molar-refractivity contribution in [2.45, 2.75) is 26.3 Å². The third-order valence-corrected chi connectivity index (χ3v) is 4.20. The minimum atomic E-state index is -0.355. The number of rotatable bonds is 8. The molecule has 0 unspecified atom stereocenters. The molecule has 0 aliphatic heterocycles. The molecule has 2 aromatic rings. The molecule has 0 saturated carbocycles. The summed E-state index contributed by atoms with van der Waals surface area (Å²) in [4.78, 5) is 25.9. The van der Waals surface area contributed by atoms with E-state index in [1.807, 2.05) is 18.2 Å². The van der Waals surface area contributed by atoms with Crippen molar-refractivity contribution in [3.8, 4) is 0 Å².